The maximum absolute atomic E-state index is 12.5. The molecule has 0 unspecified atom stereocenters. The summed E-state index contributed by atoms with van der Waals surface area (Å²) in [4.78, 5) is 37.7. The number of nitrogens with two attached hydrogens (primary N) is 1. The van der Waals surface area contributed by atoms with E-state index in [1.54, 1.807) is 30.3 Å². The molecular formula is C18H14ClN3O5S2. The molecule has 0 saturated carbocycles. The standard InChI is InChI=1S/C18H14ClN3O5S2/c19-12-3-1-11(2-4-12)9-15-17(24)22(18(25)28-15)10-16(23)21-13-5-7-14(8-6-13)29(20,26)27/h1-9H,10H2,(H,21,23)(H2,20,26,27). The van der Waals surface area contributed by atoms with Gasteiger partial charge in [0.05, 0.1) is 9.80 Å². The van der Waals surface area contributed by atoms with Crippen molar-refractivity contribution in [1.29, 1.82) is 0 Å². The highest BCUT2D eigenvalue weighted by atomic mass is 35.5. The zero-order valence-electron chi connectivity index (χ0n) is 14.7. The number of nitrogens with zero attached hydrogens (tertiary/aromatic N) is 1. The van der Waals surface area contributed by atoms with Crippen molar-refractivity contribution in [2.24, 2.45) is 5.14 Å². The van der Waals surface area contributed by atoms with Gasteiger partial charge in [0.25, 0.3) is 11.1 Å². The molecule has 1 heterocycles. The van der Waals surface area contributed by atoms with E-state index >= 15 is 0 Å². The quantitative estimate of drug-likeness (QED) is 0.673. The maximum atomic E-state index is 12.5. The smallest absolute Gasteiger partial charge is 0.294 e. The van der Waals surface area contributed by atoms with Gasteiger partial charge in [-0.15, -0.1) is 0 Å². The molecule has 8 nitrogen and oxygen atoms in total. The minimum absolute atomic E-state index is 0.103. The first-order valence-corrected chi connectivity index (χ1v) is 10.8. The van der Waals surface area contributed by atoms with Crippen molar-refractivity contribution in [3.63, 3.8) is 0 Å². The number of hydrogen-bond donors (Lipinski definition) is 2. The lowest BCUT2D eigenvalue weighted by Crippen LogP contribution is -2.36. The molecule has 0 aliphatic carbocycles. The van der Waals surface area contributed by atoms with Crippen molar-refractivity contribution in [3.05, 3.63) is 64.0 Å². The Morgan fingerprint density at radius 2 is 1.72 bits per heavy atom. The third kappa shape index (κ3) is 5.24. The number of sulfonamides is 1. The van der Waals surface area contributed by atoms with Gasteiger partial charge in [-0.1, -0.05) is 23.7 Å². The highest BCUT2D eigenvalue weighted by molar-refractivity contribution is 8.18. The SMILES string of the molecule is NS(=O)(=O)c1ccc(NC(=O)CN2C(=O)SC(=Cc3ccc(Cl)cc3)C2=O)cc1. The van der Waals surface area contributed by atoms with E-state index in [-0.39, 0.29) is 9.80 Å². The lowest BCUT2D eigenvalue weighted by molar-refractivity contribution is -0.127. The Hall–Kier alpha value is -2.66. The summed E-state index contributed by atoms with van der Waals surface area (Å²) in [7, 11) is -3.84. The second-order valence-electron chi connectivity index (χ2n) is 5.94. The monoisotopic (exact) mass is 451 g/mol. The largest absolute Gasteiger partial charge is 0.325 e. The van der Waals surface area contributed by atoms with Crippen LogP contribution in [0.25, 0.3) is 6.08 Å². The molecule has 0 spiro atoms. The molecule has 2 aromatic carbocycles. The van der Waals surface area contributed by atoms with Crippen molar-refractivity contribution < 1.29 is 22.8 Å². The van der Waals surface area contributed by atoms with E-state index in [4.69, 9.17) is 16.7 Å². The Bertz CT molecular complexity index is 1110. The number of nitrogens with one attached hydrogen (secondary N) is 1. The van der Waals surface area contributed by atoms with E-state index in [0.717, 1.165) is 16.7 Å². The molecule has 3 N–H and O–H groups in total. The number of hydrogen-bond acceptors (Lipinski definition) is 6. The Morgan fingerprint density at radius 3 is 2.31 bits per heavy atom. The van der Waals surface area contributed by atoms with Crippen LogP contribution in [0, 0.1) is 0 Å². The van der Waals surface area contributed by atoms with Crippen molar-refractivity contribution >= 4 is 62.2 Å². The Morgan fingerprint density at radius 1 is 1.10 bits per heavy atom. The van der Waals surface area contributed by atoms with Crippen LogP contribution in [-0.2, 0) is 19.6 Å². The molecule has 150 valence electrons. The van der Waals surface area contributed by atoms with Gasteiger partial charge >= 0.3 is 0 Å². The number of amides is 3. The number of imide groups is 1. The molecule has 0 atom stereocenters. The predicted molar refractivity (Wildman–Crippen MR) is 111 cm³/mol. The Kier molecular flexibility index (Phi) is 6.08. The van der Waals surface area contributed by atoms with Crippen LogP contribution in [0.2, 0.25) is 5.02 Å². The number of thioether (sulfide) groups is 1. The van der Waals surface area contributed by atoms with E-state index in [1.807, 2.05) is 0 Å². The van der Waals surface area contributed by atoms with Crippen molar-refractivity contribution in [2.75, 3.05) is 11.9 Å². The summed E-state index contributed by atoms with van der Waals surface area (Å²) in [6, 6.07) is 11.9. The number of carbonyl (C=O) groups is 3. The van der Waals surface area contributed by atoms with Crippen molar-refractivity contribution in [3.8, 4) is 0 Å². The fourth-order valence-corrected chi connectivity index (χ4v) is 3.90. The van der Waals surface area contributed by atoms with E-state index in [9.17, 15) is 22.8 Å². The van der Waals surface area contributed by atoms with Crippen LogP contribution in [0.3, 0.4) is 0 Å². The van der Waals surface area contributed by atoms with E-state index in [1.165, 1.54) is 24.3 Å². The summed E-state index contributed by atoms with van der Waals surface area (Å²) in [5.41, 5.74) is 0.991. The maximum Gasteiger partial charge on any atom is 0.294 e. The summed E-state index contributed by atoms with van der Waals surface area (Å²) in [5, 5.41) is 7.49. The van der Waals surface area contributed by atoms with Gasteiger partial charge in [-0.25, -0.2) is 13.6 Å². The molecule has 2 aromatic rings. The summed E-state index contributed by atoms with van der Waals surface area (Å²) < 4.78 is 22.5. The summed E-state index contributed by atoms with van der Waals surface area (Å²) in [6.07, 6.45) is 1.55. The number of anilines is 1. The number of halogens is 1. The number of rotatable bonds is 5. The summed E-state index contributed by atoms with van der Waals surface area (Å²) in [6.45, 7) is -0.473. The van der Waals surface area contributed by atoms with Crippen molar-refractivity contribution in [2.45, 2.75) is 4.90 Å². The first-order valence-electron chi connectivity index (χ1n) is 8.07. The third-order valence-electron chi connectivity index (χ3n) is 3.81. The Balaban J connectivity index is 1.66. The third-order valence-corrected chi connectivity index (χ3v) is 5.90. The molecule has 1 aliphatic heterocycles. The second kappa shape index (κ2) is 8.37. The second-order valence-corrected chi connectivity index (χ2v) is 8.93. The van der Waals surface area contributed by atoms with Gasteiger partial charge in [0, 0.05) is 10.7 Å². The van der Waals surface area contributed by atoms with E-state index in [2.05, 4.69) is 5.32 Å². The fourth-order valence-electron chi connectivity index (χ4n) is 2.42. The molecule has 29 heavy (non-hydrogen) atoms. The van der Waals surface area contributed by atoms with Gasteiger partial charge < -0.3 is 5.32 Å². The minimum atomic E-state index is -3.84. The number of benzene rings is 2. The first kappa shape index (κ1) is 21.1. The van der Waals surface area contributed by atoms with Gasteiger partial charge in [0.1, 0.15) is 6.54 Å². The molecule has 0 bridgehead atoms. The molecule has 3 amide bonds. The van der Waals surface area contributed by atoms with Gasteiger partial charge in [-0.3, -0.25) is 19.3 Å². The van der Waals surface area contributed by atoms with Gasteiger partial charge in [0.15, 0.2) is 0 Å². The minimum Gasteiger partial charge on any atom is -0.325 e. The van der Waals surface area contributed by atoms with Crippen LogP contribution in [0.4, 0.5) is 10.5 Å². The predicted octanol–water partition coefficient (Wildman–Crippen LogP) is 2.66. The molecule has 1 saturated heterocycles. The summed E-state index contributed by atoms with van der Waals surface area (Å²) >= 11 is 6.56. The fraction of sp³-hybridized carbons (Fsp3) is 0.0556. The Labute approximate surface area is 175 Å². The molecule has 0 aromatic heterocycles. The van der Waals surface area contributed by atoms with Crippen LogP contribution in [0.5, 0.6) is 0 Å². The average Bonchev–Trinajstić information content (AvgIpc) is 2.91. The zero-order chi connectivity index (χ0) is 21.2. The number of primary sulfonamides is 1. The van der Waals surface area contributed by atoms with Gasteiger partial charge in [-0.2, -0.15) is 0 Å². The van der Waals surface area contributed by atoms with Crippen LogP contribution in [0.1, 0.15) is 5.56 Å². The highest BCUT2D eigenvalue weighted by Crippen LogP contribution is 2.32. The lowest BCUT2D eigenvalue weighted by Gasteiger charge is -2.12. The normalized spacial score (nSPS) is 15.8. The average molecular weight is 452 g/mol. The van der Waals surface area contributed by atoms with Gasteiger partial charge in [-0.05, 0) is 59.8 Å². The zero-order valence-corrected chi connectivity index (χ0v) is 17.1. The highest BCUT2D eigenvalue weighted by Gasteiger charge is 2.36. The van der Waals surface area contributed by atoms with E-state index < -0.39 is 33.6 Å². The van der Waals surface area contributed by atoms with Gasteiger partial charge in [0.2, 0.25) is 15.9 Å². The van der Waals surface area contributed by atoms with Crippen LogP contribution in [0.15, 0.2) is 58.3 Å². The van der Waals surface area contributed by atoms with Crippen LogP contribution >= 0.6 is 23.4 Å². The molecule has 11 heteroatoms. The lowest BCUT2D eigenvalue weighted by atomic mass is 10.2. The van der Waals surface area contributed by atoms with Crippen LogP contribution < -0.4 is 10.5 Å². The molecule has 0 radical (unpaired) electrons. The summed E-state index contributed by atoms with van der Waals surface area (Å²) in [5.74, 6) is -1.18. The van der Waals surface area contributed by atoms with Crippen molar-refractivity contribution in [1.82, 2.24) is 4.90 Å². The van der Waals surface area contributed by atoms with E-state index in [0.29, 0.717) is 16.3 Å². The number of carbonyl (C=O) groups excluding carboxylic acids is 3. The topological polar surface area (TPSA) is 127 Å². The van der Waals surface area contributed by atoms with Crippen LogP contribution in [-0.4, -0.2) is 36.9 Å². The molecular weight excluding hydrogens is 438 g/mol. The first-order chi connectivity index (χ1) is 13.6. The molecule has 1 aliphatic rings. The molecule has 1 fully saturated rings. The molecule has 3 rings (SSSR count).